The zero-order chi connectivity index (χ0) is 22.3. The molecule has 0 aliphatic carbocycles. The number of aryl methyl sites for hydroxylation is 1. The summed E-state index contributed by atoms with van der Waals surface area (Å²) in [4.78, 5) is 23.1. The van der Waals surface area contributed by atoms with Crippen LogP contribution in [0.5, 0.6) is 5.75 Å². The van der Waals surface area contributed by atoms with E-state index in [1.165, 1.54) is 18.2 Å². The quantitative estimate of drug-likeness (QED) is 0.348. The van der Waals surface area contributed by atoms with Crippen molar-refractivity contribution in [2.24, 2.45) is 0 Å². The third-order valence-corrected chi connectivity index (χ3v) is 5.50. The molecular weight excluding hydrogens is 410 g/mol. The molecule has 30 heavy (non-hydrogen) atoms. The number of nitro groups is 1. The van der Waals surface area contributed by atoms with E-state index in [0.717, 1.165) is 22.2 Å². The molecule has 0 heterocycles. The van der Waals surface area contributed by atoms with E-state index in [0.29, 0.717) is 5.75 Å². The maximum Gasteiger partial charge on any atom is 0.271 e. The lowest BCUT2D eigenvalue weighted by Gasteiger charge is -2.30. The van der Waals surface area contributed by atoms with Crippen molar-refractivity contribution in [2.75, 3.05) is 23.7 Å². The van der Waals surface area contributed by atoms with Gasteiger partial charge in [-0.25, -0.2) is 8.42 Å². The fourth-order valence-electron chi connectivity index (χ4n) is 2.90. The Morgan fingerprint density at radius 2 is 1.90 bits per heavy atom. The number of sulfonamides is 1. The van der Waals surface area contributed by atoms with Gasteiger partial charge in [0.05, 0.1) is 23.4 Å². The predicted octanol–water partition coefficient (Wildman–Crippen LogP) is 2.64. The minimum Gasteiger partial charge on any atom is -0.492 e. The van der Waals surface area contributed by atoms with Crippen LogP contribution in [0.4, 0.5) is 11.4 Å². The Kier molecular flexibility index (Phi) is 7.76. The first-order chi connectivity index (χ1) is 14.1. The average Bonchev–Trinajstić information content (AvgIpc) is 2.69. The number of anilines is 1. The number of hydrogen-bond acceptors (Lipinski definition) is 6. The molecule has 0 spiro atoms. The molecule has 2 aromatic carbocycles. The highest BCUT2D eigenvalue weighted by Gasteiger charge is 2.32. The molecule has 0 unspecified atom stereocenters. The Hall–Kier alpha value is -3.14. The van der Waals surface area contributed by atoms with Crippen LogP contribution in [0.25, 0.3) is 0 Å². The van der Waals surface area contributed by atoms with Crippen LogP contribution in [0.15, 0.2) is 48.5 Å². The van der Waals surface area contributed by atoms with Gasteiger partial charge in [-0.1, -0.05) is 30.7 Å². The summed E-state index contributed by atoms with van der Waals surface area (Å²) in [6.45, 7) is 4.02. The van der Waals surface area contributed by atoms with Crippen LogP contribution >= 0.6 is 0 Å². The molecular formula is C20H25N3O6S. The van der Waals surface area contributed by atoms with E-state index in [9.17, 15) is 23.3 Å². The van der Waals surface area contributed by atoms with E-state index in [4.69, 9.17) is 4.74 Å². The van der Waals surface area contributed by atoms with Crippen LogP contribution in [0.2, 0.25) is 0 Å². The molecule has 2 rings (SSSR count). The van der Waals surface area contributed by atoms with E-state index in [1.54, 1.807) is 6.92 Å². The summed E-state index contributed by atoms with van der Waals surface area (Å²) in [5.41, 5.74) is 0.899. The van der Waals surface area contributed by atoms with E-state index < -0.39 is 26.9 Å². The van der Waals surface area contributed by atoms with Crippen LogP contribution in [-0.4, -0.2) is 44.7 Å². The lowest BCUT2D eigenvalue weighted by atomic mass is 10.2. The van der Waals surface area contributed by atoms with Gasteiger partial charge in [-0.3, -0.25) is 19.2 Å². The van der Waals surface area contributed by atoms with Crippen molar-refractivity contribution in [3.63, 3.8) is 0 Å². The topological polar surface area (TPSA) is 119 Å². The zero-order valence-electron chi connectivity index (χ0n) is 17.1. The van der Waals surface area contributed by atoms with Gasteiger partial charge in [0.2, 0.25) is 15.9 Å². The predicted molar refractivity (Wildman–Crippen MR) is 114 cm³/mol. The summed E-state index contributed by atoms with van der Waals surface area (Å²) in [5.74, 6) is 0.151. The number of rotatable bonds is 10. The Balaban J connectivity index is 2.10. The summed E-state index contributed by atoms with van der Waals surface area (Å²) in [5, 5.41) is 13.7. The van der Waals surface area contributed by atoms with Crippen LogP contribution in [0.3, 0.4) is 0 Å². The molecule has 0 saturated carbocycles. The lowest BCUT2D eigenvalue weighted by molar-refractivity contribution is -0.384. The first kappa shape index (κ1) is 23.1. The molecule has 162 valence electrons. The number of nitrogens with zero attached hydrogens (tertiary/aromatic N) is 2. The van der Waals surface area contributed by atoms with E-state index >= 15 is 0 Å². The third kappa shape index (κ3) is 6.18. The number of nitro benzene ring substituents is 1. The molecule has 0 aliphatic heterocycles. The largest absolute Gasteiger partial charge is 0.492 e. The van der Waals surface area contributed by atoms with Crippen LogP contribution in [0, 0.1) is 17.0 Å². The van der Waals surface area contributed by atoms with Crippen LogP contribution in [0.1, 0.15) is 18.9 Å². The molecule has 1 amide bonds. The zero-order valence-corrected chi connectivity index (χ0v) is 17.9. The second-order valence-corrected chi connectivity index (χ2v) is 8.57. The number of carbonyl (C=O) groups is 1. The molecule has 1 atom stereocenters. The first-order valence-electron chi connectivity index (χ1n) is 9.34. The normalized spacial score (nSPS) is 12.1. The highest BCUT2D eigenvalue weighted by Crippen LogP contribution is 2.26. The van der Waals surface area contributed by atoms with Crippen molar-refractivity contribution in [3.05, 3.63) is 64.2 Å². The van der Waals surface area contributed by atoms with Crippen molar-refractivity contribution in [1.29, 1.82) is 0 Å². The number of non-ortho nitro benzene ring substituents is 1. The number of hydrogen-bond donors (Lipinski definition) is 1. The Morgan fingerprint density at radius 1 is 1.23 bits per heavy atom. The first-order valence-corrected chi connectivity index (χ1v) is 11.2. The van der Waals surface area contributed by atoms with Crippen molar-refractivity contribution in [3.8, 4) is 5.75 Å². The Labute approximate surface area is 175 Å². The summed E-state index contributed by atoms with van der Waals surface area (Å²) in [6.07, 6.45) is 1.14. The molecule has 0 fully saturated rings. The van der Waals surface area contributed by atoms with Crippen LogP contribution < -0.4 is 14.4 Å². The van der Waals surface area contributed by atoms with E-state index in [-0.39, 0.29) is 30.9 Å². The summed E-state index contributed by atoms with van der Waals surface area (Å²) in [6, 6.07) is 11.6. The third-order valence-electron chi connectivity index (χ3n) is 4.32. The lowest BCUT2D eigenvalue weighted by Crippen LogP contribution is -2.50. The van der Waals surface area contributed by atoms with Gasteiger partial charge < -0.3 is 10.1 Å². The Bertz CT molecular complexity index is 992. The van der Waals surface area contributed by atoms with Crippen molar-refractivity contribution >= 4 is 27.3 Å². The highest BCUT2D eigenvalue weighted by molar-refractivity contribution is 7.92. The molecule has 9 nitrogen and oxygen atoms in total. The maximum atomic E-state index is 12.7. The standard InChI is InChI=1S/C20H25N3O6S/c1-4-19(20(24)21-12-13-29-18-10-8-15(2)9-11-18)22(30(3,27)28)16-6-5-7-17(14-16)23(25)26/h5-11,14,19H,4,12-13H2,1-3H3,(H,21,24)/t19-/m0/s1. The van der Waals surface area contributed by atoms with Crippen LogP contribution in [-0.2, 0) is 14.8 Å². The number of carbonyl (C=O) groups excluding carboxylic acids is 1. The van der Waals surface area contributed by atoms with Gasteiger partial charge in [-0.05, 0) is 31.5 Å². The molecule has 1 N–H and O–H groups in total. The van der Waals surface area contributed by atoms with Gasteiger partial charge in [-0.2, -0.15) is 0 Å². The summed E-state index contributed by atoms with van der Waals surface area (Å²) < 4.78 is 31.3. The summed E-state index contributed by atoms with van der Waals surface area (Å²) in [7, 11) is -3.88. The highest BCUT2D eigenvalue weighted by atomic mass is 32.2. The average molecular weight is 436 g/mol. The smallest absolute Gasteiger partial charge is 0.271 e. The van der Waals surface area contributed by atoms with E-state index in [2.05, 4.69) is 5.32 Å². The second kappa shape index (κ2) is 10.1. The molecule has 0 radical (unpaired) electrons. The number of amides is 1. The van der Waals surface area contributed by atoms with Gasteiger partial charge in [0.15, 0.2) is 0 Å². The van der Waals surface area contributed by atoms with Crippen molar-refractivity contribution < 1.29 is 22.9 Å². The maximum absolute atomic E-state index is 12.7. The van der Waals surface area contributed by atoms with Crippen molar-refractivity contribution in [1.82, 2.24) is 5.32 Å². The molecule has 10 heteroatoms. The van der Waals surface area contributed by atoms with Gasteiger partial charge in [0, 0.05) is 12.1 Å². The van der Waals surface area contributed by atoms with Crippen molar-refractivity contribution in [2.45, 2.75) is 26.3 Å². The van der Waals surface area contributed by atoms with Gasteiger partial charge >= 0.3 is 0 Å². The molecule has 0 aromatic heterocycles. The molecule has 2 aromatic rings. The fourth-order valence-corrected chi connectivity index (χ4v) is 4.10. The van der Waals surface area contributed by atoms with Gasteiger partial charge in [0.25, 0.3) is 5.69 Å². The molecule has 0 aliphatic rings. The SMILES string of the molecule is CC[C@@H](C(=O)NCCOc1ccc(C)cc1)N(c1cccc([N+](=O)[O-])c1)S(C)(=O)=O. The minimum absolute atomic E-state index is 0.0598. The van der Waals surface area contributed by atoms with Gasteiger partial charge in [-0.15, -0.1) is 0 Å². The number of benzene rings is 2. The monoisotopic (exact) mass is 435 g/mol. The fraction of sp³-hybridized carbons (Fsp3) is 0.350. The second-order valence-electron chi connectivity index (χ2n) is 6.71. The number of nitrogens with one attached hydrogen (secondary N) is 1. The molecule has 0 saturated heterocycles. The summed E-state index contributed by atoms with van der Waals surface area (Å²) >= 11 is 0. The van der Waals surface area contributed by atoms with E-state index in [1.807, 2.05) is 31.2 Å². The Morgan fingerprint density at radius 3 is 2.47 bits per heavy atom. The molecule has 0 bridgehead atoms. The minimum atomic E-state index is -3.88. The van der Waals surface area contributed by atoms with Gasteiger partial charge in [0.1, 0.15) is 18.4 Å². The number of ether oxygens (including phenoxy) is 1.